The van der Waals surface area contributed by atoms with Crippen LogP contribution in [0.2, 0.25) is 0 Å². The van der Waals surface area contributed by atoms with E-state index in [4.69, 9.17) is 14.2 Å². The highest BCUT2D eigenvalue weighted by Gasteiger charge is 2.19. The van der Waals surface area contributed by atoms with Gasteiger partial charge in [-0.15, -0.1) is 0 Å². The minimum Gasteiger partial charge on any atom is -0.462 e. The molecule has 0 aliphatic heterocycles. The van der Waals surface area contributed by atoms with E-state index >= 15 is 0 Å². The summed E-state index contributed by atoms with van der Waals surface area (Å²) in [6.45, 7) is 13.8. The third kappa shape index (κ3) is 53.4. The van der Waals surface area contributed by atoms with E-state index in [0.717, 1.165) is 75.5 Å². The number of hydrogen-bond donors (Lipinski definition) is 0. The molecule has 0 saturated carbocycles. The van der Waals surface area contributed by atoms with Crippen LogP contribution >= 0.6 is 0 Å². The molecule has 0 radical (unpaired) electrons. The van der Waals surface area contributed by atoms with E-state index in [-0.39, 0.29) is 31.1 Å². The Balaban J connectivity index is 4.29. The summed E-state index contributed by atoms with van der Waals surface area (Å²) in [5.41, 5.74) is 0. The van der Waals surface area contributed by atoms with E-state index in [1.165, 1.54) is 212 Å². The summed E-state index contributed by atoms with van der Waals surface area (Å²) in [4.78, 5) is 38.2. The maximum Gasteiger partial charge on any atom is 0.306 e. The Morgan fingerprint density at radius 1 is 0.258 bits per heavy atom. The van der Waals surface area contributed by atoms with Crippen LogP contribution in [-0.2, 0) is 28.6 Å². The van der Waals surface area contributed by atoms with Gasteiger partial charge in [0.25, 0.3) is 0 Å². The third-order valence-corrected chi connectivity index (χ3v) is 13.6. The summed E-state index contributed by atoms with van der Waals surface area (Å²) in [6, 6.07) is 0. The van der Waals surface area contributed by atoms with Crippen molar-refractivity contribution in [2.45, 2.75) is 337 Å². The molecule has 0 bridgehead atoms. The zero-order valence-corrected chi connectivity index (χ0v) is 45.5. The normalized spacial score (nSPS) is 12.1. The third-order valence-electron chi connectivity index (χ3n) is 13.6. The minimum absolute atomic E-state index is 0.0633. The van der Waals surface area contributed by atoms with Gasteiger partial charge in [0.15, 0.2) is 6.10 Å². The Morgan fingerprint density at radius 3 is 0.652 bits per heavy atom. The van der Waals surface area contributed by atoms with Crippen LogP contribution in [0.3, 0.4) is 0 Å². The highest BCUT2D eigenvalue weighted by atomic mass is 16.6. The molecule has 1 atom stereocenters. The van der Waals surface area contributed by atoms with Crippen molar-refractivity contribution in [1.29, 1.82) is 0 Å². The van der Waals surface area contributed by atoms with E-state index in [1.807, 2.05) is 0 Å². The molecular weight excluding hydrogens is 817 g/mol. The van der Waals surface area contributed by atoms with Crippen molar-refractivity contribution in [2.75, 3.05) is 13.2 Å². The average molecular weight is 934 g/mol. The predicted octanol–water partition coefficient (Wildman–Crippen LogP) is 19.5. The van der Waals surface area contributed by atoms with Gasteiger partial charge in [0, 0.05) is 19.3 Å². The van der Waals surface area contributed by atoms with Crippen LogP contribution in [-0.4, -0.2) is 37.2 Å². The molecule has 0 unspecified atom stereocenters. The van der Waals surface area contributed by atoms with Crippen LogP contribution in [0.4, 0.5) is 0 Å². The molecular formula is C60H116O6. The average Bonchev–Trinajstić information content (AvgIpc) is 3.28. The number of ether oxygens (including phenoxy) is 3. The lowest BCUT2D eigenvalue weighted by Crippen LogP contribution is -2.30. The standard InChI is InChI=1S/C60H116O6/c1-54(2)46-40-34-28-22-16-12-8-7-9-14-18-25-31-37-43-49-58(61)64-52-57(53-65-59(62)50-44-38-32-26-21-20-24-30-36-42-48-56(5)6)66-60(63)51-45-39-33-27-19-15-11-10-13-17-23-29-35-41-47-55(3)4/h54-57H,7-53H2,1-6H3/t57-/m1/s1. The maximum absolute atomic E-state index is 12.9. The minimum atomic E-state index is -0.764. The molecule has 6 nitrogen and oxygen atoms in total. The molecule has 0 aliphatic rings. The van der Waals surface area contributed by atoms with Gasteiger partial charge in [0.1, 0.15) is 13.2 Å². The molecule has 0 rings (SSSR count). The van der Waals surface area contributed by atoms with Crippen LogP contribution in [0.5, 0.6) is 0 Å². The Morgan fingerprint density at radius 2 is 0.439 bits per heavy atom. The van der Waals surface area contributed by atoms with Crippen molar-refractivity contribution in [3.05, 3.63) is 0 Å². The van der Waals surface area contributed by atoms with Crippen LogP contribution < -0.4 is 0 Å². The van der Waals surface area contributed by atoms with Gasteiger partial charge in [0.2, 0.25) is 0 Å². The highest BCUT2D eigenvalue weighted by Crippen LogP contribution is 2.19. The lowest BCUT2D eigenvalue weighted by atomic mass is 10.0. The fraction of sp³-hybridized carbons (Fsp3) is 0.950. The Labute approximate surface area is 412 Å². The molecule has 0 aromatic carbocycles. The smallest absolute Gasteiger partial charge is 0.306 e. The molecule has 0 heterocycles. The monoisotopic (exact) mass is 933 g/mol. The molecule has 0 aromatic rings. The second-order valence-electron chi connectivity index (χ2n) is 22.1. The molecule has 0 spiro atoms. The van der Waals surface area contributed by atoms with Crippen molar-refractivity contribution in [2.24, 2.45) is 17.8 Å². The summed E-state index contributed by atoms with van der Waals surface area (Å²) < 4.78 is 16.9. The molecule has 6 heteroatoms. The fourth-order valence-electron chi connectivity index (χ4n) is 9.18. The molecule has 392 valence electrons. The van der Waals surface area contributed by atoms with E-state index in [0.29, 0.717) is 19.3 Å². The zero-order chi connectivity index (χ0) is 48.4. The van der Waals surface area contributed by atoms with E-state index in [1.54, 1.807) is 0 Å². The quantitative estimate of drug-likeness (QED) is 0.0343. The Kier molecular flexibility index (Phi) is 50.0. The number of unbranched alkanes of at least 4 members (excludes halogenated alkanes) is 36. The van der Waals surface area contributed by atoms with Gasteiger partial charge in [-0.3, -0.25) is 14.4 Å². The van der Waals surface area contributed by atoms with E-state index in [2.05, 4.69) is 41.5 Å². The summed E-state index contributed by atoms with van der Waals surface area (Å²) in [5, 5.41) is 0. The number of hydrogen-bond acceptors (Lipinski definition) is 6. The molecule has 0 aromatic heterocycles. The van der Waals surface area contributed by atoms with Crippen LogP contribution in [0, 0.1) is 17.8 Å². The van der Waals surface area contributed by atoms with Crippen molar-refractivity contribution in [1.82, 2.24) is 0 Å². The maximum atomic E-state index is 12.9. The van der Waals surface area contributed by atoms with Gasteiger partial charge >= 0.3 is 17.9 Å². The first-order valence-electron chi connectivity index (χ1n) is 29.6. The second-order valence-corrected chi connectivity index (χ2v) is 22.1. The number of carbonyl (C=O) groups is 3. The van der Waals surface area contributed by atoms with Crippen LogP contribution in [0.15, 0.2) is 0 Å². The first-order chi connectivity index (χ1) is 32.1. The predicted molar refractivity (Wildman–Crippen MR) is 284 cm³/mol. The van der Waals surface area contributed by atoms with Gasteiger partial charge in [-0.05, 0) is 37.0 Å². The SMILES string of the molecule is CC(C)CCCCCCCCCCCCCCCCCC(=O)OC[C@H](COC(=O)CCCCCCCCCCCCC(C)C)OC(=O)CCCCCCCCCCCCCCCCC(C)C. The van der Waals surface area contributed by atoms with Gasteiger partial charge in [0.05, 0.1) is 0 Å². The Bertz CT molecular complexity index is 1020. The zero-order valence-electron chi connectivity index (χ0n) is 45.5. The van der Waals surface area contributed by atoms with Crippen molar-refractivity contribution in [3.8, 4) is 0 Å². The summed E-state index contributed by atoms with van der Waals surface area (Å²) in [6.07, 6.45) is 53.8. The first-order valence-corrected chi connectivity index (χ1v) is 29.6. The molecule has 0 aliphatic carbocycles. The molecule has 66 heavy (non-hydrogen) atoms. The number of rotatable bonds is 53. The number of esters is 3. The highest BCUT2D eigenvalue weighted by molar-refractivity contribution is 5.71. The van der Waals surface area contributed by atoms with Crippen molar-refractivity contribution in [3.63, 3.8) is 0 Å². The van der Waals surface area contributed by atoms with Gasteiger partial charge in [-0.25, -0.2) is 0 Å². The Hall–Kier alpha value is -1.59. The fourth-order valence-corrected chi connectivity index (χ4v) is 9.18. The van der Waals surface area contributed by atoms with Gasteiger partial charge in [-0.2, -0.15) is 0 Å². The first kappa shape index (κ1) is 64.4. The summed E-state index contributed by atoms with van der Waals surface area (Å²) in [7, 11) is 0. The molecule has 0 amide bonds. The molecule has 0 saturated heterocycles. The van der Waals surface area contributed by atoms with Crippen LogP contribution in [0.1, 0.15) is 330 Å². The van der Waals surface area contributed by atoms with Gasteiger partial charge in [-0.1, -0.05) is 292 Å². The second kappa shape index (κ2) is 51.3. The van der Waals surface area contributed by atoms with Crippen molar-refractivity contribution < 1.29 is 28.6 Å². The lowest BCUT2D eigenvalue weighted by molar-refractivity contribution is -0.167. The molecule has 0 N–H and O–H groups in total. The van der Waals surface area contributed by atoms with E-state index in [9.17, 15) is 14.4 Å². The topological polar surface area (TPSA) is 78.9 Å². The lowest BCUT2D eigenvalue weighted by Gasteiger charge is -2.18. The van der Waals surface area contributed by atoms with E-state index < -0.39 is 6.10 Å². The van der Waals surface area contributed by atoms with Gasteiger partial charge < -0.3 is 14.2 Å². The summed E-state index contributed by atoms with van der Waals surface area (Å²) in [5.74, 6) is 1.67. The van der Waals surface area contributed by atoms with Crippen molar-refractivity contribution >= 4 is 17.9 Å². The largest absolute Gasteiger partial charge is 0.462 e. The molecule has 0 fully saturated rings. The summed E-state index contributed by atoms with van der Waals surface area (Å²) >= 11 is 0. The number of carbonyl (C=O) groups excluding carboxylic acids is 3. The van der Waals surface area contributed by atoms with Crippen LogP contribution in [0.25, 0.3) is 0 Å².